The molecule has 0 spiro atoms. The molecule has 12 nitrogen and oxygen atoms in total. The largest absolute Gasteiger partial charge is 0.461 e. The van der Waals surface area contributed by atoms with E-state index in [2.05, 4.69) is 366 Å². The summed E-state index contributed by atoms with van der Waals surface area (Å²) < 4.78 is 19.4. The van der Waals surface area contributed by atoms with E-state index in [1.807, 2.05) is 91.3 Å². The third-order valence-corrected chi connectivity index (χ3v) is 23.0. The number of nitrogens with zero attached hydrogens (tertiary/aromatic N) is 9. The van der Waals surface area contributed by atoms with Crippen LogP contribution >= 0.6 is 0 Å². The number of para-hydroxylation sites is 3. The lowest BCUT2D eigenvalue weighted by Crippen LogP contribution is -1.95. The van der Waals surface area contributed by atoms with Gasteiger partial charge in [-0.2, -0.15) is 0 Å². The Balaban J connectivity index is 0.000000117. The van der Waals surface area contributed by atoms with Crippen LogP contribution < -0.4 is 0 Å². The molecule has 128 heavy (non-hydrogen) atoms. The van der Waals surface area contributed by atoms with Crippen molar-refractivity contribution in [1.82, 2.24) is 44.4 Å². The Morgan fingerprint density at radius 3 is 0.938 bits per heavy atom. The second kappa shape index (κ2) is 35.5. The SMILES string of the molecule is c1ccc(-c2ccc(-c3cc(-c4ccc(-c5ccc6c7ccccc7n(-c7ccccc7)c6c5)cc4)nc(-c4ccco4)n3)cc2)cc1.c1ccc(-c2ccc(-c3cc(-c4ccc(-c5cccc(-c6cccnc6)c5)cc4)nc(-c4ccco4)n3)cc2)cc1.c1ccc(-c2ccc(-c3cc(-c4ccc(-c5cccc6cccnc56)cc4)nc(-c4ccco4)n3)cc2)cc1. The Hall–Kier alpha value is -17.5. The van der Waals surface area contributed by atoms with Gasteiger partial charge in [0.05, 0.1) is 69.5 Å². The summed E-state index contributed by atoms with van der Waals surface area (Å²) in [7, 11) is 0. The smallest absolute Gasteiger partial charge is 0.196 e. The fourth-order valence-electron chi connectivity index (χ4n) is 16.4. The van der Waals surface area contributed by atoms with E-state index >= 15 is 0 Å². The zero-order chi connectivity index (χ0) is 85.3. The normalized spacial score (nSPS) is 11.1. The van der Waals surface area contributed by atoms with Crippen molar-refractivity contribution in [3.63, 3.8) is 0 Å². The van der Waals surface area contributed by atoms with Crippen molar-refractivity contribution >= 4 is 32.7 Å². The summed E-state index contributed by atoms with van der Waals surface area (Å²) in [5, 5.41) is 3.62. The number of hydrogen-bond acceptors (Lipinski definition) is 11. The van der Waals surface area contributed by atoms with Crippen LogP contribution in [-0.4, -0.2) is 44.4 Å². The molecule has 0 amide bonds. The van der Waals surface area contributed by atoms with Gasteiger partial charge in [-0.3, -0.25) is 9.97 Å². The standard InChI is InChI=1S/C44H29N3O.C37H25N3O.C35H23N3O/c1-3-10-30(11-4-1)31-17-21-33(22-18-31)39-29-40(46-44(45-39)43-16-9-27-48-43)34-23-19-32(20-24-34)35-25-26-38-37-14-7-8-15-41(37)47(42(38)28-35)36-12-5-2-6-13-36;1-2-7-26(8-3-1)27-13-17-29(18-14-27)34-24-35(40-37(39-34)36-12-6-22-41-36)30-19-15-28(16-20-30)31-9-4-10-32(23-31)33-11-5-21-38-25-33;1-2-7-24(8-3-1)25-13-17-27(18-14-25)31-23-32(38-35(37-31)33-12-6-22-39-33)28-19-15-26(16-20-28)30-11-4-9-29-10-5-21-36-34(29)30/h1-29H;1-25H;1-23H. The number of pyridine rings is 2. The number of rotatable bonds is 17. The van der Waals surface area contributed by atoms with Gasteiger partial charge in [-0.25, -0.2) is 29.9 Å². The van der Waals surface area contributed by atoms with Crippen LogP contribution in [0.4, 0.5) is 0 Å². The first-order valence-electron chi connectivity index (χ1n) is 42.4. The van der Waals surface area contributed by atoms with Gasteiger partial charge >= 0.3 is 0 Å². The van der Waals surface area contributed by atoms with Gasteiger partial charge in [0.2, 0.25) is 0 Å². The van der Waals surface area contributed by atoms with Crippen molar-refractivity contribution in [2.45, 2.75) is 0 Å². The molecule has 0 saturated heterocycles. The number of hydrogen-bond donors (Lipinski definition) is 0. The Morgan fingerprint density at radius 2 is 0.523 bits per heavy atom. The summed E-state index contributed by atoms with van der Waals surface area (Å²) in [6.07, 6.45) is 10.5. The number of furan rings is 3. The molecule has 23 aromatic rings. The van der Waals surface area contributed by atoms with Gasteiger partial charge in [-0.1, -0.05) is 334 Å². The van der Waals surface area contributed by atoms with Gasteiger partial charge in [0.25, 0.3) is 0 Å². The lowest BCUT2D eigenvalue weighted by Gasteiger charge is -2.10. The van der Waals surface area contributed by atoms with Crippen LogP contribution in [0.5, 0.6) is 0 Å². The van der Waals surface area contributed by atoms with E-state index in [1.165, 1.54) is 44.1 Å². The molecular weight excluding hydrogens is 1570 g/mol. The highest BCUT2D eigenvalue weighted by Crippen LogP contribution is 2.40. The van der Waals surface area contributed by atoms with Crippen molar-refractivity contribution in [2.24, 2.45) is 0 Å². The lowest BCUT2D eigenvalue weighted by atomic mass is 9.98. The molecule has 14 aromatic carbocycles. The Kier molecular flexibility index (Phi) is 21.6. The average molecular weight is 1640 g/mol. The van der Waals surface area contributed by atoms with Crippen molar-refractivity contribution in [3.05, 3.63) is 468 Å². The molecule has 0 saturated carbocycles. The van der Waals surface area contributed by atoms with Crippen LogP contribution in [0.2, 0.25) is 0 Å². The van der Waals surface area contributed by atoms with E-state index < -0.39 is 0 Å². The monoisotopic (exact) mass is 1640 g/mol. The topological polar surface area (TPSA) is 147 Å². The molecule has 0 fully saturated rings. The van der Waals surface area contributed by atoms with Gasteiger partial charge in [0.15, 0.2) is 34.8 Å². The maximum atomic E-state index is 5.73. The van der Waals surface area contributed by atoms with Gasteiger partial charge in [0.1, 0.15) is 0 Å². The summed E-state index contributed by atoms with van der Waals surface area (Å²) in [6, 6.07) is 148. The van der Waals surface area contributed by atoms with Crippen LogP contribution in [0, 0.1) is 0 Å². The summed E-state index contributed by atoms with van der Waals surface area (Å²) in [4.78, 5) is 38.2. The van der Waals surface area contributed by atoms with Gasteiger partial charge in [-0.05, 0) is 164 Å². The second-order valence-corrected chi connectivity index (χ2v) is 31.0. The second-order valence-electron chi connectivity index (χ2n) is 31.0. The van der Waals surface area contributed by atoms with E-state index in [-0.39, 0.29) is 0 Å². The van der Waals surface area contributed by atoms with E-state index in [4.69, 9.17) is 43.2 Å². The average Bonchev–Trinajstić information content (AvgIpc) is 1.59. The van der Waals surface area contributed by atoms with Crippen LogP contribution in [0.3, 0.4) is 0 Å². The molecule has 0 N–H and O–H groups in total. The molecule has 0 atom stereocenters. The van der Waals surface area contributed by atoms with Crippen LogP contribution in [0.15, 0.2) is 481 Å². The Morgan fingerprint density at radius 1 is 0.203 bits per heavy atom. The highest BCUT2D eigenvalue weighted by Gasteiger charge is 2.20. The predicted molar refractivity (Wildman–Crippen MR) is 517 cm³/mol. The molecule has 23 rings (SSSR count). The third-order valence-electron chi connectivity index (χ3n) is 23.0. The third kappa shape index (κ3) is 16.6. The summed E-state index contributed by atoms with van der Waals surface area (Å²) in [6.45, 7) is 0. The van der Waals surface area contributed by atoms with Crippen LogP contribution in [-0.2, 0) is 0 Å². The van der Waals surface area contributed by atoms with Gasteiger partial charge in [-0.15, -0.1) is 0 Å². The van der Waals surface area contributed by atoms with Crippen molar-refractivity contribution in [3.8, 4) is 186 Å². The molecule has 12 heteroatoms. The minimum absolute atomic E-state index is 0.557. The Bertz CT molecular complexity index is 7750. The zero-order valence-corrected chi connectivity index (χ0v) is 69.2. The van der Waals surface area contributed by atoms with Crippen molar-refractivity contribution in [2.75, 3.05) is 0 Å². The first-order valence-corrected chi connectivity index (χ1v) is 42.4. The molecule has 9 aromatic heterocycles. The first-order chi connectivity index (χ1) is 63.4. The summed E-state index contributed by atoms with van der Waals surface area (Å²) in [5.74, 6) is 3.58. The van der Waals surface area contributed by atoms with E-state index in [9.17, 15) is 0 Å². The molecule has 9 heterocycles. The molecular formula is C116H77N9O3. The molecule has 0 radical (unpaired) electrons. The fraction of sp³-hybridized carbons (Fsp3) is 0. The predicted octanol–water partition coefficient (Wildman–Crippen LogP) is 29.9. The van der Waals surface area contributed by atoms with Gasteiger partial charge < -0.3 is 17.8 Å². The number of aromatic nitrogens is 9. The number of fused-ring (bicyclic) bond motifs is 4. The minimum Gasteiger partial charge on any atom is -0.461 e. The van der Waals surface area contributed by atoms with Crippen LogP contribution in [0.25, 0.3) is 219 Å². The van der Waals surface area contributed by atoms with Crippen LogP contribution in [0.1, 0.15) is 0 Å². The maximum Gasteiger partial charge on any atom is 0.196 e. The zero-order valence-electron chi connectivity index (χ0n) is 69.2. The molecule has 0 aliphatic rings. The summed E-state index contributed by atoms with van der Waals surface area (Å²) in [5.41, 5.74) is 31.7. The molecule has 0 aliphatic heterocycles. The highest BCUT2D eigenvalue weighted by atomic mass is 16.3. The van der Waals surface area contributed by atoms with Crippen molar-refractivity contribution in [1.29, 1.82) is 0 Å². The van der Waals surface area contributed by atoms with Gasteiger partial charge in [0, 0.05) is 84.9 Å². The first kappa shape index (κ1) is 77.8. The minimum atomic E-state index is 0.557. The lowest BCUT2D eigenvalue weighted by molar-refractivity contribution is 0.577. The fourth-order valence-corrected chi connectivity index (χ4v) is 16.4. The van der Waals surface area contributed by atoms with Crippen molar-refractivity contribution < 1.29 is 13.3 Å². The molecule has 604 valence electrons. The highest BCUT2D eigenvalue weighted by molar-refractivity contribution is 6.10. The quantitative estimate of drug-likeness (QED) is 0.0858. The molecule has 0 aliphatic carbocycles. The van der Waals surface area contributed by atoms with E-state index in [1.54, 1.807) is 25.0 Å². The van der Waals surface area contributed by atoms with E-state index in [0.29, 0.717) is 34.8 Å². The molecule has 0 unspecified atom stereocenters. The summed E-state index contributed by atoms with van der Waals surface area (Å²) >= 11 is 0. The Labute approximate surface area is 739 Å². The molecule has 0 bridgehead atoms. The maximum absolute atomic E-state index is 5.73. The van der Waals surface area contributed by atoms with E-state index in [0.717, 1.165) is 140 Å². The number of benzene rings is 14.